The average Bonchev–Trinajstić information content (AvgIpc) is 2.46. The molecule has 0 amide bonds. The van der Waals surface area contributed by atoms with Gasteiger partial charge in [-0.2, -0.15) is 0 Å². The SMILES string of the molecule is CCCOc1cc(NC2CCCN(CC)C2)ncn1. The lowest BCUT2D eigenvalue weighted by molar-refractivity contribution is 0.226. The smallest absolute Gasteiger partial charge is 0.218 e. The molecule has 1 aliphatic heterocycles. The van der Waals surface area contributed by atoms with Gasteiger partial charge in [0.15, 0.2) is 0 Å². The van der Waals surface area contributed by atoms with Crippen molar-refractivity contribution in [2.24, 2.45) is 0 Å². The number of nitrogens with zero attached hydrogens (tertiary/aromatic N) is 3. The highest BCUT2D eigenvalue weighted by atomic mass is 16.5. The first-order valence-corrected chi connectivity index (χ1v) is 7.25. The third kappa shape index (κ3) is 4.35. The minimum atomic E-state index is 0.475. The van der Waals surface area contributed by atoms with Gasteiger partial charge in [-0.1, -0.05) is 13.8 Å². The molecule has 0 radical (unpaired) electrons. The van der Waals surface area contributed by atoms with E-state index in [9.17, 15) is 0 Å². The molecule has 19 heavy (non-hydrogen) atoms. The third-order valence-corrected chi connectivity index (χ3v) is 3.40. The normalized spacial score (nSPS) is 20.2. The van der Waals surface area contributed by atoms with Crippen molar-refractivity contribution in [3.8, 4) is 5.88 Å². The number of anilines is 1. The van der Waals surface area contributed by atoms with E-state index >= 15 is 0 Å². The van der Waals surface area contributed by atoms with Crippen LogP contribution >= 0.6 is 0 Å². The van der Waals surface area contributed by atoms with E-state index in [0.717, 1.165) is 25.3 Å². The zero-order chi connectivity index (χ0) is 13.5. The van der Waals surface area contributed by atoms with Crippen LogP contribution in [0.15, 0.2) is 12.4 Å². The number of nitrogens with one attached hydrogen (secondary N) is 1. The predicted octanol–water partition coefficient (Wildman–Crippen LogP) is 2.16. The highest BCUT2D eigenvalue weighted by molar-refractivity contribution is 5.38. The first kappa shape index (κ1) is 14.1. The molecular formula is C14H24N4O. The Morgan fingerprint density at radius 2 is 2.32 bits per heavy atom. The lowest BCUT2D eigenvalue weighted by Crippen LogP contribution is -2.41. The van der Waals surface area contributed by atoms with Gasteiger partial charge in [0, 0.05) is 18.7 Å². The number of likely N-dealkylation sites (N-methyl/N-ethyl adjacent to an activating group) is 1. The van der Waals surface area contributed by atoms with Gasteiger partial charge in [-0.15, -0.1) is 0 Å². The second-order valence-electron chi connectivity index (χ2n) is 4.97. The van der Waals surface area contributed by atoms with Crippen LogP contribution in [0.4, 0.5) is 5.82 Å². The summed E-state index contributed by atoms with van der Waals surface area (Å²) in [5.74, 6) is 1.52. The molecule has 1 atom stereocenters. The van der Waals surface area contributed by atoms with Crippen molar-refractivity contribution in [3.05, 3.63) is 12.4 Å². The first-order chi connectivity index (χ1) is 9.31. The quantitative estimate of drug-likeness (QED) is 0.853. The molecular weight excluding hydrogens is 240 g/mol. The molecule has 1 fully saturated rings. The third-order valence-electron chi connectivity index (χ3n) is 3.40. The number of hydrogen-bond donors (Lipinski definition) is 1. The van der Waals surface area contributed by atoms with E-state index in [4.69, 9.17) is 4.74 Å². The maximum Gasteiger partial charge on any atom is 0.218 e. The van der Waals surface area contributed by atoms with E-state index in [1.807, 2.05) is 6.07 Å². The molecule has 0 aromatic carbocycles. The number of aromatic nitrogens is 2. The van der Waals surface area contributed by atoms with Crippen LogP contribution in [0.25, 0.3) is 0 Å². The highest BCUT2D eigenvalue weighted by Crippen LogP contribution is 2.16. The maximum absolute atomic E-state index is 5.53. The van der Waals surface area contributed by atoms with E-state index in [1.165, 1.54) is 19.4 Å². The van der Waals surface area contributed by atoms with Gasteiger partial charge in [0.25, 0.3) is 0 Å². The molecule has 1 aliphatic rings. The van der Waals surface area contributed by atoms with Gasteiger partial charge in [-0.05, 0) is 32.4 Å². The Kier molecular flexibility index (Phi) is 5.39. The molecule has 2 rings (SSSR count). The lowest BCUT2D eigenvalue weighted by atomic mass is 10.1. The van der Waals surface area contributed by atoms with Gasteiger partial charge in [0.2, 0.25) is 5.88 Å². The van der Waals surface area contributed by atoms with E-state index in [1.54, 1.807) is 6.33 Å². The van der Waals surface area contributed by atoms with Gasteiger partial charge in [-0.3, -0.25) is 0 Å². The van der Waals surface area contributed by atoms with Crippen LogP contribution in [0.1, 0.15) is 33.1 Å². The Morgan fingerprint density at radius 3 is 3.11 bits per heavy atom. The van der Waals surface area contributed by atoms with Crippen LogP contribution in [0.2, 0.25) is 0 Å². The molecule has 1 N–H and O–H groups in total. The molecule has 1 saturated heterocycles. The van der Waals surface area contributed by atoms with Crippen LogP contribution in [-0.2, 0) is 0 Å². The minimum absolute atomic E-state index is 0.475. The Labute approximate surface area is 115 Å². The summed E-state index contributed by atoms with van der Waals surface area (Å²) in [6.45, 7) is 8.41. The lowest BCUT2D eigenvalue weighted by Gasteiger charge is -2.32. The summed E-state index contributed by atoms with van der Waals surface area (Å²) in [6.07, 6.45) is 5.00. The maximum atomic E-state index is 5.53. The Bertz CT molecular complexity index is 385. The number of hydrogen-bond acceptors (Lipinski definition) is 5. The molecule has 1 aromatic heterocycles. The van der Waals surface area contributed by atoms with Crippen molar-refractivity contribution in [3.63, 3.8) is 0 Å². The Morgan fingerprint density at radius 1 is 1.42 bits per heavy atom. The van der Waals surface area contributed by atoms with E-state index in [2.05, 4.69) is 34.0 Å². The minimum Gasteiger partial charge on any atom is -0.478 e. The molecule has 2 heterocycles. The van der Waals surface area contributed by atoms with Gasteiger partial charge < -0.3 is 15.0 Å². The molecule has 0 spiro atoms. The van der Waals surface area contributed by atoms with Gasteiger partial charge >= 0.3 is 0 Å². The fourth-order valence-corrected chi connectivity index (χ4v) is 2.37. The number of rotatable bonds is 6. The van der Waals surface area contributed by atoms with Crippen LogP contribution in [0.3, 0.4) is 0 Å². The van der Waals surface area contributed by atoms with Crippen LogP contribution in [0.5, 0.6) is 5.88 Å². The first-order valence-electron chi connectivity index (χ1n) is 7.25. The fraction of sp³-hybridized carbons (Fsp3) is 0.714. The largest absolute Gasteiger partial charge is 0.478 e. The molecule has 5 nitrogen and oxygen atoms in total. The topological polar surface area (TPSA) is 50.3 Å². The fourth-order valence-electron chi connectivity index (χ4n) is 2.37. The molecule has 1 aromatic rings. The summed E-state index contributed by atoms with van der Waals surface area (Å²) in [5.41, 5.74) is 0. The van der Waals surface area contributed by atoms with Crippen molar-refractivity contribution >= 4 is 5.82 Å². The number of ether oxygens (including phenoxy) is 1. The van der Waals surface area contributed by atoms with Gasteiger partial charge in [0.1, 0.15) is 12.1 Å². The summed E-state index contributed by atoms with van der Waals surface area (Å²) >= 11 is 0. The number of likely N-dealkylation sites (tertiary alicyclic amines) is 1. The average molecular weight is 264 g/mol. The molecule has 0 bridgehead atoms. The summed E-state index contributed by atoms with van der Waals surface area (Å²) in [5, 5.41) is 3.49. The van der Waals surface area contributed by atoms with Gasteiger partial charge in [-0.25, -0.2) is 9.97 Å². The summed E-state index contributed by atoms with van der Waals surface area (Å²) in [6, 6.07) is 2.36. The predicted molar refractivity (Wildman–Crippen MR) is 76.6 cm³/mol. The van der Waals surface area contributed by atoms with Crippen molar-refractivity contribution in [2.45, 2.75) is 39.2 Å². The molecule has 5 heteroatoms. The van der Waals surface area contributed by atoms with E-state index < -0.39 is 0 Å². The second-order valence-corrected chi connectivity index (χ2v) is 4.97. The second kappa shape index (κ2) is 7.28. The van der Waals surface area contributed by atoms with Crippen LogP contribution in [0, 0.1) is 0 Å². The number of piperidine rings is 1. The van der Waals surface area contributed by atoms with Crippen molar-refractivity contribution in [1.29, 1.82) is 0 Å². The summed E-state index contributed by atoms with van der Waals surface area (Å²) in [7, 11) is 0. The molecule has 0 saturated carbocycles. The Balaban J connectivity index is 1.90. The van der Waals surface area contributed by atoms with E-state index in [-0.39, 0.29) is 0 Å². The van der Waals surface area contributed by atoms with Crippen molar-refractivity contribution in [2.75, 3.05) is 31.6 Å². The van der Waals surface area contributed by atoms with Crippen molar-refractivity contribution in [1.82, 2.24) is 14.9 Å². The standard InChI is InChI=1S/C14H24N4O/c1-3-8-19-14-9-13(15-11-16-14)17-12-6-5-7-18(4-2)10-12/h9,11-12H,3-8,10H2,1-2H3,(H,15,16,17). The van der Waals surface area contributed by atoms with Gasteiger partial charge in [0.05, 0.1) is 6.61 Å². The van der Waals surface area contributed by atoms with E-state index in [0.29, 0.717) is 18.5 Å². The Hall–Kier alpha value is -1.36. The zero-order valence-corrected chi connectivity index (χ0v) is 11.9. The molecule has 106 valence electrons. The summed E-state index contributed by atoms with van der Waals surface area (Å²) in [4.78, 5) is 10.9. The van der Waals surface area contributed by atoms with Crippen molar-refractivity contribution < 1.29 is 4.74 Å². The van der Waals surface area contributed by atoms with Crippen LogP contribution in [-0.4, -0.2) is 47.2 Å². The van der Waals surface area contributed by atoms with Crippen LogP contribution < -0.4 is 10.1 Å². The zero-order valence-electron chi connectivity index (χ0n) is 11.9. The highest BCUT2D eigenvalue weighted by Gasteiger charge is 2.18. The molecule has 1 unspecified atom stereocenters. The molecule has 0 aliphatic carbocycles. The summed E-state index contributed by atoms with van der Waals surface area (Å²) < 4.78 is 5.53. The monoisotopic (exact) mass is 264 g/mol.